The van der Waals surface area contributed by atoms with E-state index in [0.717, 1.165) is 35.9 Å². The van der Waals surface area contributed by atoms with Gasteiger partial charge in [0.1, 0.15) is 11.5 Å². The summed E-state index contributed by atoms with van der Waals surface area (Å²) in [5.41, 5.74) is 2.12. The molecule has 0 bridgehead atoms. The van der Waals surface area contributed by atoms with Gasteiger partial charge in [-0.1, -0.05) is 18.5 Å². The van der Waals surface area contributed by atoms with Gasteiger partial charge in [-0.2, -0.15) is 5.10 Å². The molecular weight excluding hydrogens is 262 g/mol. The molecule has 1 atom stereocenters. The van der Waals surface area contributed by atoms with Crippen LogP contribution in [0.2, 0.25) is 5.02 Å². The Bertz CT molecular complexity index is 559. The Morgan fingerprint density at radius 2 is 2.16 bits per heavy atom. The SMILES string of the molecule is CCNC(c1cc(C)oc1C)c1c(Cl)cnn1CC. The average Bonchev–Trinajstić information content (AvgIpc) is 2.89. The lowest BCUT2D eigenvalue weighted by Gasteiger charge is -2.19. The highest BCUT2D eigenvalue weighted by Gasteiger charge is 2.24. The molecule has 0 aromatic carbocycles. The molecule has 0 saturated carbocycles. The summed E-state index contributed by atoms with van der Waals surface area (Å²) in [5, 5.41) is 8.47. The van der Waals surface area contributed by atoms with Crippen LogP contribution in [0.25, 0.3) is 0 Å². The molecule has 0 saturated heterocycles. The highest BCUT2D eigenvalue weighted by atomic mass is 35.5. The van der Waals surface area contributed by atoms with Crippen LogP contribution in [0.4, 0.5) is 0 Å². The normalized spacial score (nSPS) is 12.9. The first-order valence-electron chi connectivity index (χ1n) is 6.60. The molecule has 2 rings (SSSR count). The van der Waals surface area contributed by atoms with Gasteiger partial charge in [-0.25, -0.2) is 0 Å². The van der Waals surface area contributed by atoms with Crippen LogP contribution in [-0.4, -0.2) is 16.3 Å². The molecular formula is C14H20ClN3O. The van der Waals surface area contributed by atoms with Crippen LogP contribution in [0, 0.1) is 13.8 Å². The number of rotatable bonds is 5. The minimum Gasteiger partial charge on any atom is -0.466 e. The molecule has 104 valence electrons. The van der Waals surface area contributed by atoms with Gasteiger partial charge in [-0.3, -0.25) is 4.68 Å². The molecule has 2 aromatic rings. The van der Waals surface area contributed by atoms with Crippen molar-refractivity contribution in [2.45, 2.75) is 40.3 Å². The fourth-order valence-electron chi connectivity index (χ4n) is 2.41. The summed E-state index contributed by atoms with van der Waals surface area (Å²) in [5.74, 6) is 1.83. The lowest BCUT2D eigenvalue weighted by Crippen LogP contribution is -2.25. The Kier molecular flexibility index (Phi) is 4.32. The fraction of sp³-hybridized carbons (Fsp3) is 0.500. The van der Waals surface area contributed by atoms with E-state index >= 15 is 0 Å². The Balaban J connectivity index is 2.51. The van der Waals surface area contributed by atoms with E-state index in [1.165, 1.54) is 0 Å². The second-order valence-corrected chi connectivity index (χ2v) is 4.96. The predicted molar refractivity (Wildman–Crippen MR) is 76.6 cm³/mol. The third kappa shape index (κ3) is 2.69. The molecule has 1 N–H and O–H groups in total. The van der Waals surface area contributed by atoms with Crippen molar-refractivity contribution in [2.75, 3.05) is 6.54 Å². The van der Waals surface area contributed by atoms with Gasteiger partial charge in [0.25, 0.3) is 0 Å². The van der Waals surface area contributed by atoms with Crippen molar-refractivity contribution < 1.29 is 4.42 Å². The van der Waals surface area contributed by atoms with E-state index in [4.69, 9.17) is 16.0 Å². The molecule has 0 aliphatic heterocycles. The maximum absolute atomic E-state index is 6.31. The van der Waals surface area contributed by atoms with Gasteiger partial charge in [0.15, 0.2) is 0 Å². The van der Waals surface area contributed by atoms with Crippen molar-refractivity contribution in [2.24, 2.45) is 0 Å². The molecule has 0 amide bonds. The summed E-state index contributed by atoms with van der Waals surface area (Å²) in [7, 11) is 0. The van der Waals surface area contributed by atoms with Crippen LogP contribution >= 0.6 is 11.6 Å². The maximum Gasteiger partial charge on any atom is 0.106 e. The second-order valence-electron chi connectivity index (χ2n) is 4.55. The summed E-state index contributed by atoms with van der Waals surface area (Å²) < 4.78 is 7.57. The molecule has 0 radical (unpaired) electrons. The molecule has 0 fully saturated rings. The topological polar surface area (TPSA) is 43.0 Å². The second kappa shape index (κ2) is 5.80. The molecule has 19 heavy (non-hydrogen) atoms. The van der Waals surface area contributed by atoms with E-state index in [0.29, 0.717) is 5.02 Å². The van der Waals surface area contributed by atoms with Gasteiger partial charge in [-0.05, 0) is 33.4 Å². The number of nitrogens with one attached hydrogen (secondary N) is 1. The maximum atomic E-state index is 6.31. The Hall–Kier alpha value is -1.26. The smallest absolute Gasteiger partial charge is 0.106 e. The number of aryl methyl sites for hydroxylation is 3. The zero-order chi connectivity index (χ0) is 14.0. The first kappa shape index (κ1) is 14.2. The number of aromatic nitrogens is 2. The van der Waals surface area contributed by atoms with E-state index in [-0.39, 0.29) is 6.04 Å². The summed E-state index contributed by atoms with van der Waals surface area (Å²) in [6.45, 7) is 9.71. The molecule has 1 unspecified atom stereocenters. The molecule has 4 nitrogen and oxygen atoms in total. The zero-order valence-corrected chi connectivity index (χ0v) is 12.6. The minimum atomic E-state index is 0.0115. The number of furan rings is 1. The standard InChI is InChI=1S/C14H20ClN3O/c1-5-16-13(11-7-9(3)19-10(11)4)14-12(15)8-17-18(14)6-2/h7-8,13,16H,5-6H2,1-4H3. The van der Waals surface area contributed by atoms with E-state index in [2.05, 4.69) is 30.3 Å². The summed E-state index contributed by atoms with van der Waals surface area (Å²) in [4.78, 5) is 0. The van der Waals surface area contributed by atoms with Gasteiger partial charge in [0, 0.05) is 12.1 Å². The Morgan fingerprint density at radius 1 is 1.42 bits per heavy atom. The third-order valence-electron chi connectivity index (χ3n) is 3.20. The van der Waals surface area contributed by atoms with Crippen molar-refractivity contribution >= 4 is 11.6 Å². The van der Waals surface area contributed by atoms with Crippen LogP contribution in [-0.2, 0) is 6.54 Å². The highest BCUT2D eigenvalue weighted by molar-refractivity contribution is 6.31. The van der Waals surface area contributed by atoms with E-state index in [1.807, 2.05) is 18.5 Å². The van der Waals surface area contributed by atoms with Crippen molar-refractivity contribution in [3.63, 3.8) is 0 Å². The van der Waals surface area contributed by atoms with Crippen LogP contribution in [0.5, 0.6) is 0 Å². The Labute approximate surface area is 118 Å². The van der Waals surface area contributed by atoms with Crippen LogP contribution in [0.15, 0.2) is 16.7 Å². The average molecular weight is 282 g/mol. The van der Waals surface area contributed by atoms with E-state index in [1.54, 1.807) is 6.20 Å². The molecule has 2 aromatic heterocycles. The fourth-order valence-corrected chi connectivity index (χ4v) is 2.66. The number of hydrogen-bond acceptors (Lipinski definition) is 3. The first-order chi connectivity index (χ1) is 9.08. The minimum absolute atomic E-state index is 0.0115. The molecule has 0 aliphatic rings. The zero-order valence-electron chi connectivity index (χ0n) is 11.8. The Morgan fingerprint density at radius 3 is 2.68 bits per heavy atom. The number of halogens is 1. The van der Waals surface area contributed by atoms with Crippen LogP contribution in [0.1, 0.15) is 42.7 Å². The quantitative estimate of drug-likeness (QED) is 0.913. The molecule has 0 spiro atoms. The van der Waals surface area contributed by atoms with Gasteiger partial charge >= 0.3 is 0 Å². The summed E-state index contributed by atoms with van der Waals surface area (Å²) >= 11 is 6.31. The number of hydrogen-bond donors (Lipinski definition) is 1. The monoisotopic (exact) mass is 281 g/mol. The van der Waals surface area contributed by atoms with Gasteiger partial charge in [0.05, 0.1) is 23.0 Å². The van der Waals surface area contributed by atoms with Crippen molar-refractivity contribution in [1.29, 1.82) is 0 Å². The van der Waals surface area contributed by atoms with Gasteiger partial charge < -0.3 is 9.73 Å². The predicted octanol–water partition coefficient (Wildman–Crippen LogP) is 3.47. The van der Waals surface area contributed by atoms with Crippen molar-refractivity contribution in [1.82, 2.24) is 15.1 Å². The first-order valence-corrected chi connectivity index (χ1v) is 6.97. The molecule has 2 heterocycles. The van der Waals surface area contributed by atoms with Crippen molar-refractivity contribution in [3.8, 4) is 0 Å². The van der Waals surface area contributed by atoms with Crippen molar-refractivity contribution in [3.05, 3.63) is 40.1 Å². The third-order valence-corrected chi connectivity index (χ3v) is 3.50. The highest BCUT2D eigenvalue weighted by Crippen LogP contribution is 2.31. The van der Waals surface area contributed by atoms with E-state index in [9.17, 15) is 0 Å². The van der Waals surface area contributed by atoms with Crippen LogP contribution < -0.4 is 5.32 Å². The lowest BCUT2D eigenvalue weighted by atomic mass is 10.0. The molecule has 5 heteroatoms. The summed E-state index contributed by atoms with van der Waals surface area (Å²) in [6, 6.07) is 2.07. The largest absolute Gasteiger partial charge is 0.466 e. The van der Waals surface area contributed by atoms with E-state index < -0.39 is 0 Å². The van der Waals surface area contributed by atoms with Crippen LogP contribution in [0.3, 0.4) is 0 Å². The lowest BCUT2D eigenvalue weighted by molar-refractivity contribution is 0.488. The summed E-state index contributed by atoms with van der Waals surface area (Å²) in [6.07, 6.45) is 1.70. The molecule has 0 aliphatic carbocycles. The number of nitrogens with zero attached hydrogens (tertiary/aromatic N) is 2. The van der Waals surface area contributed by atoms with Gasteiger partial charge in [0.2, 0.25) is 0 Å². The van der Waals surface area contributed by atoms with Gasteiger partial charge in [-0.15, -0.1) is 0 Å².